The SMILES string of the molecule is COCCNC(=O)C1CC1C(=O)N(C)c1ccccc1. The number of hydrogen-bond acceptors (Lipinski definition) is 3. The van der Waals surface area contributed by atoms with Crippen molar-refractivity contribution in [3.8, 4) is 0 Å². The molecule has 0 spiro atoms. The Morgan fingerprint density at radius 1 is 1.30 bits per heavy atom. The van der Waals surface area contributed by atoms with Gasteiger partial charge in [-0.1, -0.05) is 18.2 Å². The molecule has 0 radical (unpaired) electrons. The topological polar surface area (TPSA) is 58.6 Å². The maximum atomic E-state index is 12.3. The molecule has 0 bridgehead atoms. The molecule has 1 aromatic rings. The van der Waals surface area contributed by atoms with Crippen LogP contribution in [0.4, 0.5) is 5.69 Å². The van der Waals surface area contributed by atoms with Gasteiger partial charge in [-0.3, -0.25) is 9.59 Å². The summed E-state index contributed by atoms with van der Waals surface area (Å²) in [5, 5.41) is 2.77. The Morgan fingerprint density at radius 3 is 2.65 bits per heavy atom. The van der Waals surface area contributed by atoms with E-state index in [2.05, 4.69) is 5.32 Å². The maximum absolute atomic E-state index is 12.3. The number of amides is 2. The molecule has 20 heavy (non-hydrogen) atoms. The van der Waals surface area contributed by atoms with Gasteiger partial charge >= 0.3 is 0 Å². The van der Waals surface area contributed by atoms with Crippen LogP contribution < -0.4 is 10.2 Å². The van der Waals surface area contributed by atoms with E-state index in [9.17, 15) is 9.59 Å². The normalized spacial score (nSPS) is 20.3. The Morgan fingerprint density at radius 2 is 2.00 bits per heavy atom. The summed E-state index contributed by atoms with van der Waals surface area (Å²) in [6.07, 6.45) is 0.634. The van der Waals surface area contributed by atoms with Gasteiger partial charge in [0.05, 0.1) is 18.4 Å². The van der Waals surface area contributed by atoms with Crippen LogP contribution in [-0.2, 0) is 14.3 Å². The minimum atomic E-state index is -0.192. The summed E-state index contributed by atoms with van der Waals surface area (Å²) in [4.78, 5) is 25.7. The van der Waals surface area contributed by atoms with Gasteiger partial charge < -0.3 is 15.0 Å². The number of anilines is 1. The molecule has 0 aromatic heterocycles. The molecule has 1 aliphatic rings. The Hall–Kier alpha value is -1.88. The zero-order valence-electron chi connectivity index (χ0n) is 11.8. The fourth-order valence-electron chi connectivity index (χ4n) is 2.19. The van der Waals surface area contributed by atoms with Crippen LogP contribution in [0, 0.1) is 11.8 Å². The fraction of sp³-hybridized carbons (Fsp3) is 0.467. The van der Waals surface area contributed by atoms with Crippen molar-refractivity contribution in [1.29, 1.82) is 0 Å². The van der Waals surface area contributed by atoms with Gasteiger partial charge in [-0.2, -0.15) is 0 Å². The highest BCUT2D eigenvalue weighted by molar-refractivity contribution is 6.00. The van der Waals surface area contributed by atoms with Gasteiger partial charge in [-0.15, -0.1) is 0 Å². The van der Waals surface area contributed by atoms with Crippen molar-refractivity contribution in [3.05, 3.63) is 30.3 Å². The number of ether oxygens (including phenoxy) is 1. The Labute approximate surface area is 118 Å². The molecular formula is C15H20N2O3. The molecule has 0 heterocycles. The number of para-hydroxylation sites is 1. The molecule has 1 aliphatic carbocycles. The Balaban J connectivity index is 1.85. The van der Waals surface area contributed by atoms with Crippen LogP contribution in [-0.4, -0.2) is 39.1 Å². The summed E-state index contributed by atoms with van der Waals surface area (Å²) in [5.41, 5.74) is 0.850. The molecule has 5 heteroatoms. The van der Waals surface area contributed by atoms with Crippen molar-refractivity contribution in [3.63, 3.8) is 0 Å². The largest absolute Gasteiger partial charge is 0.383 e. The second kappa shape index (κ2) is 6.52. The van der Waals surface area contributed by atoms with E-state index >= 15 is 0 Å². The number of carbonyl (C=O) groups is 2. The molecule has 1 fully saturated rings. The number of carbonyl (C=O) groups excluding carboxylic acids is 2. The van der Waals surface area contributed by atoms with E-state index in [4.69, 9.17) is 4.74 Å². The van der Waals surface area contributed by atoms with Crippen molar-refractivity contribution in [2.75, 3.05) is 32.2 Å². The van der Waals surface area contributed by atoms with Crippen molar-refractivity contribution in [1.82, 2.24) is 5.32 Å². The average molecular weight is 276 g/mol. The van der Waals surface area contributed by atoms with E-state index in [-0.39, 0.29) is 23.7 Å². The lowest BCUT2D eigenvalue weighted by Crippen LogP contribution is -2.32. The van der Waals surface area contributed by atoms with E-state index in [1.807, 2.05) is 30.3 Å². The first-order valence-electron chi connectivity index (χ1n) is 6.74. The van der Waals surface area contributed by atoms with E-state index in [0.29, 0.717) is 19.6 Å². The lowest BCUT2D eigenvalue weighted by molar-refractivity contribution is -0.126. The zero-order chi connectivity index (χ0) is 14.5. The van der Waals surface area contributed by atoms with Crippen LogP contribution in [0.2, 0.25) is 0 Å². The highest BCUT2D eigenvalue weighted by Crippen LogP contribution is 2.40. The van der Waals surface area contributed by atoms with Crippen molar-refractivity contribution < 1.29 is 14.3 Å². The molecule has 1 N–H and O–H groups in total. The molecule has 1 aromatic carbocycles. The standard InChI is InChI=1S/C15H20N2O3/c1-17(11-6-4-3-5-7-11)15(19)13-10-12(13)14(18)16-8-9-20-2/h3-7,12-13H,8-10H2,1-2H3,(H,16,18). The van der Waals surface area contributed by atoms with Gasteiger partial charge in [0.2, 0.25) is 11.8 Å². The maximum Gasteiger partial charge on any atom is 0.230 e. The second-order valence-electron chi connectivity index (χ2n) is 4.97. The predicted octanol–water partition coefficient (Wildman–Crippen LogP) is 1.05. The summed E-state index contributed by atoms with van der Waals surface area (Å²) < 4.78 is 4.87. The number of nitrogens with zero attached hydrogens (tertiary/aromatic N) is 1. The van der Waals surface area contributed by atoms with Gasteiger partial charge in [0.25, 0.3) is 0 Å². The fourth-order valence-corrected chi connectivity index (χ4v) is 2.19. The molecule has 0 aliphatic heterocycles. The summed E-state index contributed by atoms with van der Waals surface area (Å²) in [6.45, 7) is 0.974. The lowest BCUT2D eigenvalue weighted by Gasteiger charge is -2.17. The summed E-state index contributed by atoms with van der Waals surface area (Å²) in [5.74, 6) is -0.432. The summed E-state index contributed by atoms with van der Waals surface area (Å²) in [7, 11) is 3.33. The Kier molecular flexibility index (Phi) is 4.74. The molecule has 5 nitrogen and oxygen atoms in total. The van der Waals surface area contributed by atoms with Crippen molar-refractivity contribution in [2.45, 2.75) is 6.42 Å². The number of methoxy groups -OCH3 is 1. The van der Waals surface area contributed by atoms with Gasteiger partial charge in [-0.05, 0) is 18.6 Å². The quantitative estimate of drug-likeness (QED) is 0.790. The third-order valence-corrected chi connectivity index (χ3v) is 3.52. The van der Waals surface area contributed by atoms with Crippen molar-refractivity contribution in [2.24, 2.45) is 11.8 Å². The predicted molar refractivity (Wildman–Crippen MR) is 76.3 cm³/mol. The third kappa shape index (κ3) is 3.36. The highest BCUT2D eigenvalue weighted by atomic mass is 16.5. The smallest absolute Gasteiger partial charge is 0.230 e. The molecule has 2 rings (SSSR count). The molecule has 2 atom stereocenters. The first kappa shape index (κ1) is 14.5. The van der Waals surface area contributed by atoms with Crippen LogP contribution in [0.1, 0.15) is 6.42 Å². The molecule has 1 saturated carbocycles. The van der Waals surface area contributed by atoms with Crippen LogP contribution in [0.15, 0.2) is 30.3 Å². The molecule has 108 valence electrons. The lowest BCUT2D eigenvalue weighted by atomic mass is 10.2. The number of benzene rings is 1. The van der Waals surface area contributed by atoms with Crippen LogP contribution in [0.3, 0.4) is 0 Å². The summed E-state index contributed by atoms with van der Waals surface area (Å²) >= 11 is 0. The number of hydrogen-bond donors (Lipinski definition) is 1. The van der Waals surface area contributed by atoms with Crippen LogP contribution in [0.25, 0.3) is 0 Å². The number of rotatable bonds is 6. The van der Waals surface area contributed by atoms with E-state index in [0.717, 1.165) is 5.69 Å². The zero-order valence-corrected chi connectivity index (χ0v) is 11.8. The monoisotopic (exact) mass is 276 g/mol. The highest BCUT2D eigenvalue weighted by Gasteiger charge is 2.49. The Bertz CT molecular complexity index is 475. The molecule has 0 saturated heterocycles. The van der Waals surface area contributed by atoms with Crippen molar-refractivity contribution >= 4 is 17.5 Å². The minimum Gasteiger partial charge on any atom is -0.383 e. The molecule has 2 amide bonds. The average Bonchev–Trinajstić information content (AvgIpc) is 3.27. The molecular weight excluding hydrogens is 256 g/mol. The number of nitrogens with one attached hydrogen (secondary N) is 1. The van der Waals surface area contributed by atoms with Crippen LogP contribution in [0.5, 0.6) is 0 Å². The van der Waals surface area contributed by atoms with Crippen LogP contribution >= 0.6 is 0 Å². The van der Waals surface area contributed by atoms with E-state index < -0.39 is 0 Å². The molecule has 2 unspecified atom stereocenters. The van der Waals surface area contributed by atoms with Gasteiger partial charge in [0, 0.05) is 26.4 Å². The second-order valence-corrected chi connectivity index (χ2v) is 4.97. The van der Waals surface area contributed by atoms with E-state index in [1.165, 1.54) is 0 Å². The first-order valence-corrected chi connectivity index (χ1v) is 6.74. The van der Waals surface area contributed by atoms with E-state index in [1.54, 1.807) is 19.1 Å². The third-order valence-electron chi connectivity index (χ3n) is 3.52. The van der Waals surface area contributed by atoms with Gasteiger partial charge in [-0.25, -0.2) is 0 Å². The first-order chi connectivity index (χ1) is 9.65. The van der Waals surface area contributed by atoms with Gasteiger partial charge in [0.1, 0.15) is 0 Å². The van der Waals surface area contributed by atoms with Gasteiger partial charge in [0.15, 0.2) is 0 Å². The summed E-state index contributed by atoms with van der Waals surface area (Å²) in [6, 6.07) is 9.45. The minimum absolute atomic E-state index is 0.00286.